The van der Waals surface area contributed by atoms with Crippen LogP contribution < -0.4 is 14.7 Å². The van der Waals surface area contributed by atoms with Crippen LogP contribution in [0.1, 0.15) is 0 Å². The Morgan fingerprint density at radius 1 is 1.07 bits per heavy atom. The topological polar surface area (TPSA) is 167 Å². The van der Waals surface area contributed by atoms with E-state index in [2.05, 4.69) is 0 Å². The molecule has 0 bridgehead atoms. The Hall–Kier alpha value is 0.280. The SMILES string of the molecule is CP(=O)([O-])[O-].CP(C)(=O)[O-].O=[N+]([O-])O.[Ag]. The molecule has 15 heavy (non-hydrogen) atoms. The molecule has 0 saturated carbocycles. The van der Waals surface area contributed by atoms with E-state index in [0.717, 1.165) is 0 Å². The van der Waals surface area contributed by atoms with Gasteiger partial charge >= 0.3 is 0 Å². The average molecular weight is 358 g/mol. The van der Waals surface area contributed by atoms with Crippen LogP contribution in [0, 0.1) is 10.1 Å². The van der Waals surface area contributed by atoms with Crippen LogP contribution in [0.2, 0.25) is 0 Å². The largest absolute Gasteiger partial charge is 0.811 e. The molecule has 0 aromatic heterocycles. The quantitative estimate of drug-likeness (QED) is 0.226. The molecule has 12 heteroatoms. The fourth-order valence-corrected chi connectivity index (χ4v) is 0. The summed E-state index contributed by atoms with van der Waals surface area (Å²) in [6.45, 7) is 3.01. The van der Waals surface area contributed by atoms with E-state index >= 15 is 0 Å². The molecule has 1 radical (unpaired) electrons. The van der Waals surface area contributed by atoms with Crippen LogP contribution in [0.5, 0.6) is 0 Å². The van der Waals surface area contributed by atoms with Gasteiger partial charge in [0.25, 0.3) is 5.09 Å². The fraction of sp³-hybridized carbons (Fsp3) is 1.00. The Morgan fingerprint density at radius 2 is 1.07 bits per heavy atom. The first-order valence-electron chi connectivity index (χ1n) is 2.82. The van der Waals surface area contributed by atoms with Crippen molar-refractivity contribution in [1.29, 1.82) is 0 Å². The summed E-state index contributed by atoms with van der Waals surface area (Å²) in [5.41, 5.74) is 0. The van der Waals surface area contributed by atoms with Crippen LogP contribution in [0.15, 0.2) is 0 Å². The van der Waals surface area contributed by atoms with E-state index in [1.54, 1.807) is 0 Å². The van der Waals surface area contributed by atoms with Gasteiger partial charge < -0.3 is 29.0 Å². The first kappa shape index (κ1) is 24.5. The summed E-state index contributed by atoms with van der Waals surface area (Å²) in [4.78, 5) is 36.2. The molecule has 0 fully saturated rings. The maximum Gasteiger partial charge on any atom is 0.291 e. The Balaban J connectivity index is -0.0000000590. The van der Waals surface area contributed by atoms with E-state index in [1.165, 1.54) is 13.3 Å². The van der Waals surface area contributed by atoms with Gasteiger partial charge in [0.05, 0.1) is 0 Å². The van der Waals surface area contributed by atoms with E-state index in [-0.39, 0.29) is 22.4 Å². The zero-order valence-electron chi connectivity index (χ0n) is 7.95. The molecular weight excluding hydrogens is 348 g/mol. The monoisotopic (exact) mass is 357 g/mol. The van der Waals surface area contributed by atoms with Crippen molar-refractivity contribution in [3.05, 3.63) is 10.1 Å². The first-order valence-corrected chi connectivity index (χ1v) is 7.33. The molecule has 0 aliphatic heterocycles. The summed E-state index contributed by atoms with van der Waals surface area (Å²) in [5.74, 6) is 0. The molecule has 1 N–H and O–H groups in total. The van der Waals surface area contributed by atoms with Gasteiger partial charge in [0.15, 0.2) is 0 Å². The molecule has 0 atom stereocenters. The van der Waals surface area contributed by atoms with Gasteiger partial charge in [-0.05, 0) is 20.0 Å². The minimum absolute atomic E-state index is 0. The van der Waals surface area contributed by atoms with Crippen LogP contribution in [-0.4, -0.2) is 30.3 Å². The number of hydrogen-bond acceptors (Lipinski definition) is 7. The zero-order valence-corrected chi connectivity index (χ0v) is 11.2. The number of nitrogens with zero attached hydrogens (tertiary/aromatic N) is 1. The number of rotatable bonds is 0. The minimum atomic E-state index is -4.14. The summed E-state index contributed by atoms with van der Waals surface area (Å²) < 4.78 is 18.8. The van der Waals surface area contributed by atoms with Crippen molar-refractivity contribution < 1.29 is 56.5 Å². The van der Waals surface area contributed by atoms with Gasteiger partial charge in [0.1, 0.15) is 0 Å². The Morgan fingerprint density at radius 3 is 1.07 bits per heavy atom. The van der Waals surface area contributed by atoms with E-state index in [4.69, 9.17) is 29.7 Å². The minimum Gasteiger partial charge on any atom is -0.811 e. The molecule has 0 aliphatic carbocycles. The van der Waals surface area contributed by atoms with Crippen molar-refractivity contribution in [2.24, 2.45) is 0 Å². The second-order valence-electron chi connectivity index (χ2n) is 2.26. The van der Waals surface area contributed by atoms with Crippen molar-refractivity contribution in [3.63, 3.8) is 0 Å². The van der Waals surface area contributed by atoms with Gasteiger partial charge in [-0.2, -0.15) is 0 Å². The predicted molar refractivity (Wildman–Crippen MR) is 41.8 cm³/mol. The van der Waals surface area contributed by atoms with Gasteiger partial charge in [-0.15, -0.1) is 10.1 Å². The van der Waals surface area contributed by atoms with Crippen LogP contribution in [0.4, 0.5) is 0 Å². The molecule has 0 rings (SSSR count). The van der Waals surface area contributed by atoms with Crippen molar-refractivity contribution in [2.45, 2.75) is 0 Å². The third kappa shape index (κ3) is 27400. The van der Waals surface area contributed by atoms with Gasteiger partial charge in [-0.25, -0.2) is 0 Å². The molecule has 0 heterocycles. The molecule has 0 saturated heterocycles. The van der Waals surface area contributed by atoms with Crippen molar-refractivity contribution in [3.8, 4) is 0 Å². The van der Waals surface area contributed by atoms with E-state index in [0.29, 0.717) is 6.66 Å². The standard InChI is InChI=1S/C2H7O2P.CH5O3P.Ag.HNO3/c2*1-5(2,3)4;;2-1(3)4/h1-2H3,(H,3,4);1H3,(H2,2,3,4);;(H,2,3,4)/p-3. The fourth-order valence-electron chi connectivity index (χ4n) is 0. The first-order chi connectivity index (χ1) is 5.73. The summed E-state index contributed by atoms with van der Waals surface area (Å²) >= 11 is 0. The molecule has 0 amide bonds. The van der Waals surface area contributed by atoms with Gasteiger partial charge in [0.2, 0.25) is 0 Å². The van der Waals surface area contributed by atoms with E-state index in [9.17, 15) is 9.46 Å². The average Bonchev–Trinajstić information content (AvgIpc) is 1.45. The molecule has 0 aliphatic rings. The Bertz CT molecular complexity index is 204. The van der Waals surface area contributed by atoms with Gasteiger partial charge in [-0.3, -0.25) is 0 Å². The maximum absolute atomic E-state index is 9.66. The molecule has 99 valence electrons. The van der Waals surface area contributed by atoms with Gasteiger partial charge in [0, 0.05) is 29.7 Å². The van der Waals surface area contributed by atoms with Crippen molar-refractivity contribution >= 4 is 15.0 Å². The van der Waals surface area contributed by atoms with E-state index in [1.807, 2.05) is 0 Å². The molecule has 0 spiro atoms. The van der Waals surface area contributed by atoms with Crippen LogP contribution in [0.25, 0.3) is 0 Å². The second kappa shape index (κ2) is 10.8. The smallest absolute Gasteiger partial charge is 0.291 e. The van der Waals surface area contributed by atoms with Crippen molar-refractivity contribution in [1.82, 2.24) is 0 Å². The molecule has 0 aromatic rings. The normalized spacial score (nSPS) is 9.47. The van der Waals surface area contributed by atoms with E-state index < -0.39 is 20.1 Å². The third-order valence-electron chi connectivity index (χ3n) is 0. The summed E-state index contributed by atoms with van der Waals surface area (Å²) in [6.07, 6.45) is 0. The summed E-state index contributed by atoms with van der Waals surface area (Å²) in [6, 6.07) is 0. The third-order valence-corrected chi connectivity index (χ3v) is 0. The van der Waals surface area contributed by atoms with Crippen LogP contribution in [0.3, 0.4) is 0 Å². The Kier molecular flexibility index (Phi) is 17.6. The maximum atomic E-state index is 9.66. The molecule has 0 aromatic carbocycles. The summed E-state index contributed by atoms with van der Waals surface area (Å²) in [5, 5.41) is 13.6. The zero-order chi connectivity index (χ0) is 12.6. The van der Waals surface area contributed by atoms with Crippen molar-refractivity contribution in [2.75, 3.05) is 20.0 Å². The predicted octanol–water partition coefficient (Wildman–Crippen LogP) is -1.94. The number of hydrogen-bond donors (Lipinski definition) is 1. The van der Waals surface area contributed by atoms with Gasteiger partial charge in [-0.1, -0.05) is 7.60 Å². The van der Waals surface area contributed by atoms with Crippen LogP contribution >= 0.6 is 15.0 Å². The Labute approximate surface area is 102 Å². The second-order valence-corrected chi connectivity index (χ2v) is 6.31. The molecule has 9 nitrogen and oxygen atoms in total. The molecule has 0 unspecified atom stereocenters. The molecular formula is C3H10AgNO8P2-3. The summed E-state index contributed by atoms with van der Waals surface area (Å²) in [7, 11) is -7.03. The van der Waals surface area contributed by atoms with Crippen LogP contribution in [-0.2, 0) is 31.5 Å².